The molecule has 8 heteroatoms. The van der Waals surface area contributed by atoms with E-state index < -0.39 is 11.5 Å². The van der Waals surface area contributed by atoms with Gasteiger partial charge in [0.2, 0.25) is 5.82 Å². The summed E-state index contributed by atoms with van der Waals surface area (Å²) in [5.74, 6) is 0.202. The van der Waals surface area contributed by atoms with Gasteiger partial charge in [0.05, 0.1) is 4.92 Å². The van der Waals surface area contributed by atoms with E-state index in [1.807, 2.05) is 0 Å². The molecule has 110 valence electrons. The molecule has 0 fully saturated rings. The largest absolute Gasteiger partial charge is 0.435 e. The first kappa shape index (κ1) is 14.6. The minimum Gasteiger partial charge on any atom is -0.435 e. The molecule has 0 saturated heterocycles. The van der Waals surface area contributed by atoms with Crippen LogP contribution in [0.25, 0.3) is 0 Å². The zero-order valence-electron chi connectivity index (χ0n) is 10.7. The molecule has 0 aliphatic heterocycles. The molecule has 0 aliphatic rings. The number of nitrogens with one attached hydrogen (secondary N) is 1. The summed E-state index contributed by atoms with van der Waals surface area (Å²) in [5.41, 5.74) is 0.617. The number of benzene rings is 1. The third kappa shape index (κ3) is 4.10. The number of nitrogens with zero attached hydrogens (tertiary/aromatic N) is 2. The van der Waals surface area contributed by atoms with Crippen LogP contribution in [0.15, 0.2) is 42.6 Å². The normalized spacial score (nSPS) is 10.4. The van der Waals surface area contributed by atoms with Crippen molar-refractivity contribution in [2.24, 2.45) is 0 Å². The summed E-state index contributed by atoms with van der Waals surface area (Å²) in [6.07, 6.45) is 1.44. The predicted molar refractivity (Wildman–Crippen MR) is 71.3 cm³/mol. The fourth-order valence-corrected chi connectivity index (χ4v) is 1.65. The van der Waals surface area contributed by atoms with Crippen LogP contribution in [0.5, 0.6) is 5.75 Å². The summed E-state index contributed by atoms with van der Waals surface area (Å²) in [7, 11) is 0. The van der Waals surface area contributed by atoms with Crippen LogP contribution in [0.3, 0.4) is 0 Å². The molecule has 2 rings (SSSR count). The summed E-state index contributed by atoms with van der Waals surface area (Å²) < 4.78 is 28.2. The number of hydrogen-bond donors (Lipinski definition) is 1. The van der Waals surface area contributed by atoms with Crippen molar-refractivity contribution < 1.29 is 18.4 Å². The molecule has 1 aromatic heterocycles. The number of nitro groups is 1. The Kier molecular flexibility index (Phi) is 4.60. The Balaban J connectivity index is 2.02. The molecular formula is C13H11F2N3O3. The quantitative estimate of drug-likeness (QED) is 0.654. The maximum Gasteiger partial charge on any atom is 0.387 e. The number of rotatable bonds is 6. The summed E-state index contributed by atoms with van der Waals surface area (Å²) in [6.45, 7) is -2.60. The van der Waals surface area contributed by atoms with Gasteiger partial charge in [0.15, 0.2) is 0 Å². The van der Waals surface area contributed by atoms with E-state index in [9.17, 15) is 18.9 Å². The van der Waals surface area contributed by atoms with Crippen molar-refractivity contribution in [3.63, 3.8) is 0 Å². The maximum atomic E-state index is 12.0. The summed E-state index contributed by atoms with van der Waals surface area (Å²) in [5, 5.41) is 13.6. The van der Waals surface area contributed by atoms with Crippen molar-refractivity contribution in [2.75, 3.05) is 5.32 Å². The first-order chi connectivity index (χ1) is 10.1. The van der Waals surface area contributed by atoms with Gasteiger partial charge >= 0.3 is 12.3 Å². The van der Waals surface area contributed by atoms with Crippen molar-refractivity contribution in [1.29, 1.82) is 0 Å². The van der Waals surface area contributed by atoms with Crippen LogP contribution in [0.2, 0.25) is 0 Å². The summed E-state index contributed by atoms with van der Waals surface area (Å²) in [4.78, 5) is 14.2. The molecule has 0 aliphatic carbocycles. The van der Waals surface area contributed by atoms with Crippen molar-refractivity contribution in [3.8, 4) is 5.75 Å². The van der Waals surface area contributed by atoms with Crippen molar-refractivity contribution in [3.05, 3.63) is 58.3 Å². The monoisotopic (exact) mass is 295 g/mol. The van der Waals surface area contributed by atoms with Gasteiger partial charge in [0.25, 0.3) is 0 Å². The zero-order chi connectivity index (χ0) is 15.2. The van der Waals surface area contributed by atoms with Crippen molar-refractivity contribution in [2.45, 2.75) is 13.2 Å². The van der Waals surface area contributed by atoms with E-state index in [0.717, 1.165) is 5.56 Å². The van der Waals surface area contributed by atoms with Gasteiger partial charge in [-0.15, -0.1) is 0 Å². The van der Waals surface area contributed by atoms with E-state index in [4.69, 9.17) is 0 Å². The van der Waals surface area contributed by atoms with E-state index in [-0.39, 0.29) is 23.8 Å². The Morgan fingerprint density at radius 3 is 2.62 bits per heavy atom. The zero-order valence-corrected chi connectivity index (χ0v) is 10.7. The summed E-state index contributed by atoms with van der Waals surface area (Å²) >= 11 is 0. The smallest absolute Gasteiger partial charge is 0.387 e. The molecule has 6 nitrogen and oxygen atoms in total. The Labute approximate surface area is 118 Å². The van der Waals surface area contributed by atoms with E-state index in [0.29, 0.717) is 0 Å². The van der Waals surface area contributed by atoms with Crippen molar-refractivity contribution >= 4 is 11.5 Å². The average Bonchev–Trinajstić information content (AvgIpc) is 2.46. The highest BCUT2D eigenvalue weighted by Gasteiger charge is 2.13. The minimum absolute atomic E-state index is 0.0533. The molecule has 0 atom stereocenters. The second-order valence-electron chi connectivity index (χ2n) is 4.00. The van der Waals surface area contributed by atoms with Crippen LogP contribution < -0.4 is 10.1 Å². The fraction of sp³-hybridized carbons (Fsp3) is 0.154. The molecule has 1 heterocycles. The Hall–Kier alpha value is -2.77. The Bertz CT molecular complexity index is 620. The molecular weight excluding hydrogens is 284 g/mol. The lowest BCUT2D eigenvalue weighted by Gasteiger charge is -2.07. The molecule has 0 bridgehead atoms. The lowest BCUT2D eigenvalue weighted by Crippen LogP contribution is -2.05. The number of ether oxygens (including phenoxy) is 1. The molecule has 0 amide bonds. The molecule has 0 spiro atoms. The van der Waals surface area contributed by atoms with Crippen molar-refractivity contribution in [1.82, 2.24) is 4.98 Å². The second-order valence-corrected chi connectivity index (χ2v) is 4.00. The van der Waals surface area contributed by atoms with Gasteiger partial charge in [0, 0.05) is 18.8 Å². The van der Waals surface area contributed by atoms with Gasteiger partial charge in [-0.25, -0.2) is 4.98 Å². The number of aromatic nitrogens is 1. The first-order valence-electron chi connectivity index (χ1n) is 5.93. The molecule has 0 unspecified atom stereocenters. The first-order valence-corrected chi connectivity index (χ1v) is 5.93. The third-order valence-electron chi connectivity index (χ3n) is 2.59. The molecule has 2 aromatic rings. The van der Waals surface area contributed by atoms with Crippen LogP contribution in [0.4, 0.5) is 20.3 Å². The lowest BCUT2D eigenvalue weighted by molar-refractivity contribution is -0.384. The highest BCUT2D eigenvalue weighted by Crippen LogP contribution is 2.21. The molecule has 0 radical (unpaired) electrons. The maximum absolute atomic E-state index is 12.0. The highest BCUT2D eigenvalue weighted by molar-refractivity contribution is 5.55. The van der Waals surface area contributed by atoms with Gasteiger partial charge in [-0.05, 0) is 23.8 Å². The molecule has 1 aromatic carbocycles. The number of alkyl halides is 2. The number of pyridine rings is 1. The lowest BCUT2D eigenvalue weighted by atomic mass is 10.2. The number of halogens is 2. The second kappa shape index (κ2) is 6.60. The van der Waals surface area contributed by atoms with E-state index in [1.54, 1.807) is 12.1 Å². The Morgan fingerprint density at radius 2 is 2.00 bits per heavy atom. The standard InChI is InChI=1S/C13H11F2N3O3/c14-13(15)21-10-5-3-9(4-6-10)8-17-12-11(18(19)20)2-1-7-16-12/h1-7,13H,8H2,(H,16,17). The van der Waals surface area contributed by atoms with Crippen LogP contribution in [0, 0.1) is 10.1 Å². The summed E-state index contributed by atoms with van der Waals surface area (Å²) in [6, 6.07) is 8.78. The fourth-order valence-electron chi connectivity index (χ4n) is 1.65. The van der Waals surface area contributed by atoms with Crippen LogP contribution in [-0.4, -0.2) is 16.5 Å². The minimum atomic E-state index is -2.87. The number of hydrogen-bond acceptors (Lipinski definition) is 5. The van der Waals surface area contributed by atoms with Crippen LogP contribution in [0.1, 0.15) is 5.56 Å². The SMILES string of the molecule is O=[N+]([O-])c1cccnc1NCc1ccc(OC(F)F)cc1. The predicted octanol–water partition coefficient (Wildman–Crippen LogP) is 3.20. The molecule has 1 N–H and O–H groups in total. The highest BCUT2D eigenvalue weighted by atomic mass is 19.3. The molecule has 0 saturated carbocycles. The van der Waals surface area contributed by atoms with E-state index >= 15 is 0 Å². The third-order valence-corrected chi connectivity index (χ3v) is 2.59. The van der Waals surface area contributed by atoms with Gasteiger partial charge in [0.1, 0.15) is 5.75 Å². The van der Waals surface area contributed by atoms with E-state index in [1.165, 1.54) is 30.5 Å². The molecule has 21 heavy (non-hydrogen) atoms. The van der Waals surface area contributed by atoms with Gasteiger partial charge < -0.3 is 10.1 Å². The van der Waals surface area contributed by atoms with Gasteiger partial charge in [-0.2, -0.15) is 8.78 Å². The van der Waals surface area contributed by atoms with Gasteiger partial charge in [-0.1, -0.05) is 12.1 Å². The van der Waals surface area contributed by atoms with Gasteiger partial charge in [-0.3, -0.25) is 10.1 Å². The Morgan fingerprint density at radius 1 is 1.29 bits per heavy atom. The van der Waals surface area contributed by atoms with Crippen LogP contribution >= 0.6 is 0 Å². The van der Waals surface area contributed by atoms with Crippen LogP contribution in [-0.2, 0) is 6.54 Å². The number of anilines is 1. The average molecular weight is 295 g/mol. The van der Waals surface area contributed by atoms with E-state index in [2.05, 4.69) is 15.0 Å². The topological polar surface area (TPSA) is 77.3 Å².